The Morgan fingerprint density at radius 3 is 2.28 bits per heavy atom. The van der Waals surface area contributed by atoms with E-state index in [1.807, 2.05) is 30.3 Å². The molecular formula is C24H33N3O4S. The largest absolute Gasteiger partial charge is 0.457 e. The van der Waals surface area contributed by atoms with Gasteiger partial charge in [-0.25, -0.2) is 8.42 Å². The van der Waals surface area contributed by atoms with Crippen LogP contribution in [0.1, 0.15) is 32.6 Å². The Hall–Kier alpha value is -2.58. The smallest absolute Gasteiger partial charge is 0.243 e. The molecule has 1 atom stereocenters. The number of rotatable bonds is 10. The Balaban J connectivity index is 1.59. The number of sulfonamides is 1. The summed E-state index contributed by atoms with van der Waals surface area (Å²) in [6.45, 7) is 5.33. The number of para-hydroxylation sites is 1. The number of carbonyl (C=O) groups is 1. The average molecular weight is 460 g/mol. The number of anilines is 1. The maximum absolute atomic E-state index is 12.7. The van der Waals surface area contributed by atoms with E-state index < -0.39 is 16.1 Å². The van der Waals surface area contributed by atoms with E-state index >= 15 is 0 Å². The molecule has 0 aromatic heterocycles. The van der Waals surface area contributed by atoms with Crippen molar-refractivity contribution in [1.82, 2.24) is 10.2 Å². The predicted molar refractivity (Wildman–Crippen MR) is 128 cm³/mol. The van der Waals surface area contributed by atoms with Crippen molar-refractivity contribution in [1.29, 1.82) is 0 Å². The van der Waals surface area contributed by atoms with Gasteiger partial charge in [0.2, 0.25) is 15.9 Å². The molecule has 1 aliphatic heterocycles. The highest BCUT2D eigenvalue weighted by Gasteiger charge is 2.29. The van der Waals surface area contributed by atoms with Crippen LogP contribution in [0.25, 0.3) is 0 Å². The first kappa shape index (κ1) is 24.1. The van der Waals surface area contributed by atoms with Crippen molar-refractivity contribution in [3.8, 4) is 11.5 Å². The van der Waals surface area contributed by atoms with Crippen molar-refractivity contribution in [2.75, 3.05) is 36.7 Å². The lowest BCUT2D eigenvalue weighted by Gasteiger charge is -2.29. The van der Waals surface area contributed by atoms with Gasteiger partial charge in [-0.15, -0.1) is 0 Å². The van der Waals surface area contributed by atoms with Crippen molar-refractivity contribution in [3.63, 3.8) is 0 Å². The Morgan fingerprint density at radius 1 is 1.03 bits per heavy atom. The van der Waals surface area contributed by atoms with Gasteiger partial charge in [0.25, 0.3) is 0 Å². The lowest BCUT2D eigenvalue weighted by molar-refractivity contribution is -0.121. The number of benzene rings is 2. The van der Waals surface area contributed by atoms with Crippen LogP contribution in [0.5, 0.6) is 11.5 Å². The molecule has 1 aliphatic rings. The molecule has 0 bridgehead atoms. The fourth-order valence-corrected chi connectivity index (χ4v) is 5.11. The van der Waals surface area contributed by atoms with Crippen LogP contribution < -0.4 is 14.4 Å². The van der Waals surface area contributed by atoms with Gasteiger partial charge in [0, 0.05) is 6.54 Å². The highest BCUT2D eigenvalue weighted by Crippen LogP contribution is 2.26. The van der Waals surface area contributed by atoms with Gasteiger partial charge in [0.1, 0.15) is 17.5 Å². The number of carbonyl (C=O) groups excluding carboxylic acids is 1. The quantitative estimate of drug-likeness (QED) is 0.549. The molecule has 8 heteroatoms. The van der Waals surface area contributed by atoms with Crippen molar-refractivity contribution >= 4 is 21.6 Å². The van der Waals surface area contributed by atoms with E-state index in [0.717, 1.165) is 36.6 Å². The van der Waals surface area contributed by atoms with Crippen molar-refractivity contribution in [2.24, 2.45) is 0 Å². The van der Waals surface area contributed by atoms with Crippen molar-refractivity contribution < 1.29 is 17.9 Å². The number of hydrogen-bond donors (Lipinski definition) is 1. The molecule has 7 nitrogen and oxygen atoms in total. The molecule has 3 rings (SSSR count). The van der Waals surface area contributed by atoms with E-state index in [9.17, 15) is 13.2 Å². The van der Waals surface area contributed by atoms with Crippen LogP contribution in [-0.4, -0.2) is 57.7 Å². The van der Waals surface area contributed by atoms with Crippen molar-refractivity contribution in [3.05, 3.63) is 54.6 Å². The van der Waals surface area contributed by atoms with Crippen LogP contribution in [0, 0.1) is 0 Å². The van der Waals surface area contributed by atoms with Gasteiger partial charge in [-0.2, -0.15) is 0 Å². The van der Waals surface area contributed by atoms with E-state index in [0.29, 0.717) is 23.7 Å². The van der Waals surface area contributed by atoms with Gasteiger partial charge in [-0.1, -0.05) is 24.6 Å². The van der Waals surface area contributed by atoms with Crippen LogP contribution in [-0.2, 0) is 14.8 Å². The summed E-state index contributed by atoms with van der Waals surface area (Å²) in [5, 5.41) is 2.89. The van der Waals surface area contributed by atoms with Crippen LogP contribution in [0.4, 0.5) is 5.69 Å². The molecule has 174 valence electrons. The standard InChI is InChI=1S/C24H33N3O4S/c1-20(24(28)25-16-9-19-26-17-7-4-8-18-26)27(32(2,29)30)21-12-14-23(15-13-21)31-22-10-5-3-6-11-22/h3,5-6,10-15,20H,4,7-9,16-19H2,1-2H3,(H,25,28)/t20-/m0/s1. The second-order valence-corrected chi connectivity index (χ2v) is 10.1. The Bertz CT molecular complexity index is 958. The molecule has 1 amide bonds. The van der Waals surface area contributed by atoms with Crippen LogP contribution in [0.2, 0.25) is 0 Å². The van der Waals surface area contributed by atoms with Gasteiger partial charge in [0.15, 0.2) is 0 Å². The molecule has 2 aromatic carbocycles. The predicted octanol–water partition coefficient (Wildman–Crippen LogP) is 3.63. The third-order valence-corrected chi connectivity index (χ3v) is 6.80. The maximum Gasteiger partial charge on any atom is 0.243 e. The van der Waals surface area contributed by atoms with Crippen LogP contribution >= 0.6 is 0 Å². The van der Waals surface area contributed by atoms with Gasteiger partial charge in [-0.3, -0.25) is 9.10 Å². The molecule has 1 saturated heterocycles. The Labute approximate surface area is 191 Å². The highest BCUT2D eigenvalue weighted by molar-refractivity contribution is 7.92. The molecule has 0 aliphatic carbocycles. The number of likely N-dealkylation sites (tertiary alicyclic amines) is 1. The van der Waals surface area contributed by atoms with E-state index in [4.69, 9.17) is 4.74 Å². The summed E-state index contributed by atoms with van der Waals surface area (Å²) in [6, 6.07) is 15.2. The monoisotopic (exact) mass is 459 g/mol. The maximum atomic E-state index is 12.7. The number of piperidine rings is 1. The zero-order valence-corrected chi connectivity index (χ0v) is 19.7. The number of amides is 1. The van der Waals surface area contributed by atoms with E-state index in [1.54, 1.807) is 31.2 Å². The van der Waals surface area contributed by atoms with Crippen molar-refractivity contribution in [2.45, 2.75) is 38.6 Å². The summed E-state index contributed by atoms with van der Waals surface area (Å²) < 4.78 is 31.9. The Morgan fingerprint density at radius 2 is 1.66 bits per heavy atom. The van der Waals surface area contributed by atoms with Gasteiger partial charge in [-0.05, 0) is 82.2 Å². The summed E-state index contributed by atoms with van der Waals surface area (Å²) >= 11 is 0. The zero-order chi connectivity index (χ0) is 23.0. The number of hydrogen-bond acceptors (Lipinski definition) is 5. The average Bonchev–Trinajstić information content (AvgIpc) is 2.78. The van der Waals surface area contributed by atoms with Crippen LogP contribution in [0.15, 0.2) is 54.6 Å². The lowest BCUT2D eigenvalue weighted by Crippen LogP contribution is -2.48. The van der Waals surface area contributed by atoms with Gasteiger partial charge in [0.05, 0.1) is 11.9 Å². The molecule has 32 heavy (non-hydrogen) atoms. The molecule has 1 N–H and O–H groups in total. The zero-order valence-electron chi connectivity index (χ0n) is 18.9. The number of nitrogens with one attached hydrogen (secondary N) is 1. The lowest BCUT2D eigenvalue weighted by atomic mass is 10.1. The third kappa shape index (κ3) is 6.97. The first-order chi connectivity index (χ1) is 15.3. The normalized spacial score (nSPS) is 15.7. The molecule has 0 radical (unpaired) electrons. The van der Waals surface area contributed by atoms with E-state index in [-0.39, 0.29) is 5.91 Å². The summed E-state index contributed by atoms with van der Waals surface area (Å²) in [5.74, 6) is 0.972. The van der Waals surface area contributed by atoms with E-state index in [1.165, 1.54) is 19.3 Å². The van der Waals surface area contributed by atoms with E-state index in [2.05, 4.69) is 10.2 Å². The second kappa shape index (κ2) is 11.3. The minimum Gasteiger partial charge on any atom is -0.457 e. The molecule has 0 saturated carbocycles. The summed E-state index contributed by atoms with van der Waals surface area (Å²) in [7, 11) is -3.66. The van der Waals surface area contributed by atoms with Gasteiger partial charge >= 0.3 is 0 Å². The molecule has 1 heterocycles. The SMILES string of the molecule is C[C@@H](C(=O)NCCCN1CCCCC1)N(c1ccc(Oc2ccccc2)cc1)S(C)(=O)=O. The first-order valence-corrected chi connectivity index (χ1v) is 13.0. The first-order valence-electron chi connectivity index (χ1n) is 11.2. The molecule has 1 fully saturated rings. The second-order valence-electron chi connectivity index (χ2n) is 8.19. The summed E-state index contributed by atoms with van der Waals surface area (Å²) in [5.41, 5.74) is 0.420. The highest BCUT2D eigenvalue weighted by atomic mass is 32.2. The summed E-state index contributed by atoms with van der Waals surface area (Å²) in [4.78, 5) is 15.1. The van der Waals surface area contributed by atoms with Gasteiger partial charge < -0.3 is 15.0 Å². The minimum absolute atomic E-state index is 0.307. The minimum atomic E-state index is -3.66. The third-order valence-electron chi connectivity index (χ3n) is 5.56. The Kier molecular flexibility index (Phi) is 8.53. The fourth-order valence-electron chi connectivity index (χ4n) is 3.94. The number of ether oxygens (including phenoxy) is 1. The summed E-state index contributed by atoms with van der Waals surface area (Å²) in [6.07, 6.45) is 5.74. The number of nitrogens with zero attached hydrogens (tertiary/aromatic N) is 2. The molecular weight excluding hydrogens is 426 g/mol. The molecule has 0 unspecified atom stereocenters. The molecule has 2 aromatic rings. The fraction of sp³-hybridized carbons (Fsp3) is 0.458. The van der Waals surface area contributed by atoms with Crippen LogP contribution in [0.3, 0.4) is 0 Å². The topological polar surface area (TPSA) is 79.0 Å². The molecule has 0 spiro atoms.